The number of pyridine rings is 1. The Morgan fingerprint density at radius 1 is 0.963 bits per heavy atom. The van der Waals surface area contributed by atoms with Crippen LogP contribution >= 0.6 is 0 Å². The van der Waals surface area contributed by atoms with Gasteiger partial charge < -0.3 is 29.0 Å². The van der Waals surface area contributed by atoms with Crippen LogP contribution in [0, 0.1) is 12.8 Å². The number of amides is 1. The van der Waals surface area contributed by atoms with Gasteiger partial charge >= 0.3 is 0 Å². The second-order valence-electron chi connectivity index (χ2n) is 14.3. The molecule has 4 aromatic rings. The summed E-state index contributed by atoms with van der Waals surface area (Å²) in [6.07, 6.45) is 10.7. The molecule has 1 fully saturated rings. The highest BCUT2D eigenvalue weighted by Crippen LogP contribution is 2.34. The van der Waals surface area contributed by atoms with Crippen molar-refractivity contribution >= 4 is 34.5 Å². The maximum atomic E-state index is 13.9. The van der Waals surface area contributed by atoms with E-state index >= 15 is 0 Å². The molecule has 1 aromatic heterocycles. The molecule has 0 aliphatic carbocycles. The SMILES string of the molecule is CCCCOCCOc1ccc(-c2ccc3c(c2)/C=C(/C(=O)Nc2ccc([S@+]([O-])Cc4cnc(C)cc4CC)cc2)CCCN3CC2CCOCC2)cc1. The normalized spacial score (nSPS) is 16.4. The molecule has 1 saturated heterocycles. The zero-order valence-electron chi connectivity index (χ0n) is 32.1. The molecule has 286 valence electrons. The van der Waals surface area contributed by atoms with Crippen LogP contribution in [0.5, 0.6) is 5.75 Å². The number of ether oxygens (including phenoxy) is 3. The molecule has 2 aliphatic rings. The summed E-state index contributed by atoms with van der Waals surface area (Å²) in [5.74, 6) is 1.70. The lowest BCUT2D eigenvalue weighted by atomic mass is 9.94. The molecule has 2 aliphatic heterocycles. The molecule has 0 bridgehead atoms. The molecule has 1 amide bonds. The Balaban J connectivity index is 1.18. The van der Waals surface area contributed by atoms with E-state index in [0.29, 0.717) is 37.0 Å². The summed E-state index contributed by atoms with van der Waals surface area (Å²) in [4.78, 5) is 21.5. The Hall–Kier alpha value is -4.15. The van der Waals surface area contributed by atoms with Gasteiger partial charge in [-0.1, -0.05) is 38.5 Å². The molecular formula is C45H55N3O5S. The van der Waals surface area contributed by atoms with Gasteiger partial charge in [-0.25, -0.2) is 0 Å². The van der Waals surface area contributed by atoms with E-state index in [2.05, 4.69) is 71.5 Å². The summed E-state index contributed by atoms with van der Waals surface area (Å²) in [7, 11) is 0. The topological polar surface area (TPSA) is 96.0 Å². The fourth-order valence-electron chi connectivity index (χ4n) is 7.13. The summed E-state index contributed by atoms with van der Waals surface area (Å²) in [5.41, 5.74) is 8.94. The van der Waals surface area contributed by atoms with Gasteiger partial charge in [0.25, 0.3) is 5.91 Å². The lowest BCUT2D eigenvalue weighted by molar-refractivity contribution is -0.112. The van der Waals surface area contributed by atoms with Crippen LogP contribution in [0.15, 0.2) is 89.5 Å². The van der Waals surface area contributed by atoms with Crippen molar-refractivity contribution in [3.05, 3.63) is 107 Å². The molecule has 3 aromatic carbocycles. The summed E-state index contributed by atoms with van der Waals surface area (Å²) in [6.45, 7) is 11.6. The number of hydrogen-bond acceptors (Lipinski definition) is 7. The van der Waals surface area contributed by atoms with Crippen LogP contribution in [-0.2, 0) is 37.6 Å². The van der Waals surface area contributed by atoms with Crippen molar-refractivity contribution in [1.82, 2.24) is 4.98 Å². The third-order valence-electron chi connectivity index (χ3n) is 10.3. The predicted molar refractivity (Wildman–Crippen MR) is 220 cm³/mol. The van der Waals surface area contributed by atoms with Gasteiger partial charge in [0.2, 0.25) is 0 Å². The maximum absolute atomic E-state index is 13.9. The average molecular weight is 750 g/mol. The number of nitrogens with zero attached hydrogens (tertiary/aromatic N) is 2. The highest BCUT2D eigenvalue weighted by molar-refractivity contribution is 7.90. The smallest absolute Gasteiger partial charge is 0.251 e. The van der Waals surface area contributed by atoms with Crippen LogP contribution in [0.25, 0.3) is 17.2 Å². The zero-order valence-corrected chi connectivity index (χ0v) is 32.9. The van der Waals surface area contributed by atoms with E-state index in [4.69, 9.17) is 14.2 Å². The first-order valence-electron chi connectivity index (χ1n) is 19.6. The molecular weight excluding hydrogens is 695 g/mol. The highest BCUT2D eigenvalue weighted by Gasteiger charge is 2.23. The Morgan fingerprint density at radius 2 is 1.74 bits per heavy atom. The van der Waals surface area contributed by atoms with Crippen molar-refractivity contribution in [3.8, 4) is 16.9 Å². The lowest BCUT2D eigenvalue weighted by Gasteiger charge is -2.33. The van der Waals surface area contributed by atoms with E-state index in [1.54, 1.807) is 0 Å². The monoisotopic (exact) mass is 749 g/mol. The molecule has 0 unspecified atom stereocenters. The van der Waals surface area contributed by atoms with Crippen molar-refractivity contribution in [2.75, 3.05) is 56.3 Å². The maximum Gasteiger partial charge on any atom is 0.251 e. The van der Waals surface area contributed by atoms with Crippen molar-refractivity contribution < 1.29 is 23.6 Å². The third-order valence-corrected chi connectivity index (χ3v) is 11.6. The number of rotatable bonds is 16. The van der Waals surface area contributed by atoms with E-state index < -0.39 is 11.2 Å². The van der Waals surface area contributed by atoms with Crippen molar-refractivity contribution in [2.24, 2.45) is 5.92 Å². The minimum Gasteiger partial charge on any atom is -0.611 e. The first kappa shape index (κ1) is 39.5. The molecule has 1 N–H and O–H groups in total. The molecule has 6 rings (SSSR count). The van der Waals surface area contributed by atoms with Crippen molar-refractivity contribution in [1.29, 1.82) is 0 Å². The van der Waals surface area contributed by atoms with Gasteiger partial charge in [-0.3, -0.25) is 9.78 Å². The molecule has 8 nitrogen and oxygen atoms in total. The Labute approximate surface area is 324 Å². The summed E-state index contributed by atoms with van der Waals surface area (Å²) in [5, 5.41) is 3.12. The van der Waals surface area contributed by atoms with E-state index in [9.17, 15) is 9.35 Å². The summed E-state index contributed by atoms with van der Waals surface area (Å²) >= 11 is -1.22. The van der Waals surface area contributed by atoms with Crippen LogP contribution in [0.4, 0.5) is 11.4 Å². The number of aryl methyl sites for hydroxylation is 2. The number of carbonyl (C=O) groups is 1. The fraction of sp³-hybridized carbons (Fsp3) is 0.422. The van der Waals surface area contributed by atoms with Gasteiger partial charge in [0.05, 0.1) is 6.61 Å². The van der Waals surface area contributed by atoms with Crippen LogP contribution in [0.1, 0.15) is 74.8 Å². The van der Waals surface area contributed by atoms with Crippen molar-refractivity contribution in [2.45, 2.75) is 76.4 Å². The van der Waals surface area contributed by atoms with Gasteiger partial charge in [-0.15, -0.1) is 0 Å². The highest BCUT2D eigenvalue weighted by atomic mass is 32.2. The molecule has 0 spiro atoms. The number of carbonyl (C=O) groups excluding carboxylic acids is 1. The molecule has 1 atom stereocenters. The Morgan fingerprint density at radius 3 is 2.50 bits per heavy atom. The van der Waals surface area contributed by atoms with E-state index in [1.165, 1.54) is 5.56 Å². The van der Waals surface area contributed by atoms with E-state index in [0.717, 1.165) is 121 Å². The van der Waals surface area contributed by atoms with Gasteiger partial charge in [0.15, 0.2) is 4.90 Å². The van der Waals surface area contributed by atoms with Crippen molar-refractivity contribution in [3.63, 3.8) is 0 Å². The number of fused-ring (bicyclic) bond motifs is 1. The summed E-state index contributed by atoms with van der Waals surface area (Å²) < 4.78 is 30.5. The van der Waals surface area contributed by atoms with Crippen LogP contribution in [-0.4, -0.2) is 61.6 Å². The predicted octanol–water partition coefficient (Wildman–Crippen LogP) is 9.17. The third kappa shape index (κ3) is 11.0. The number of anilines is 2. The van der Waals surface area contributed by atoms with Gasteiger partial charge in [-0.05, 0) is 145 Å². The standard InChI is InChI=1S/C45H55N3O5S/c1-4-6-22-51-25-26-53-42-14-9-36(10-15-42)37-11-18-44-39(28-37)29-38(8-7-21-48(44)31-34-19-23-52-24-20-34)45(49)47-41-12-16-43(17-13-41)54(50)32-40-30-46-33(3)27-35(40)5-2/h9-18,27-30,34H,4-8,19-26,31-32H2,1-3H3,(H,47,49)/b38-29+/t54-/m1/s1. The molecule has 3 heterocycles. The second-order valence-corrected chi connectivity index (χ2v) is 15.8. The van der Waals surface area contributed by atoms with Gasteiger partial charge in [-0.2, -0.15) is 0 Å². The zero-order chi connectivity index (χ0) is 37.7. The van der Waals surface area contributed by atoms with Gasteiger partial charge in [0, 0.05) is 67.3 Å². The van der Waals surface area contributed by atoms with Crippen LogP contribution < -0.4 is 15.0 Å². The molecule has 9 heteroatoms. The minimum absolute atomic E-state index is 0.114. The first-order valence-corrected chi connectivity index (χ1v) is 20.9. The largest absolute Gasteiger partial charge is 0.611 e. The molecule has 0 radical (unpaired) electrons. The second kappa shape index (κ2) is 20.0. The van der Waals surface area contributed by atoms with Crippen LogP contribution in [0.3, 0.4) is 0 Å². The quantitative estimate of drug-likeness (QED) is 0.0902. The number of benzene rings is 3. The molecule has 54 heavy (non-hydrogen) atoms. The first-order chi connectivity index (χ1) is 26.4. The Kier molecular flexibility index (Phi) is 14.6. The Bertz CT molecular complexity index is 1840. The average Bonchev–Trinajstić information content (AvgIpc) is 3.19. The van der Waals surface area contributed by atoms with E-state index in [1.807, 2.05) is 49.5 Å². The lowest BCUT2D eigenvalue weighted by Crippen LogP contribution is -2.34. The molecule has 0 saturated carbocycles. The summed E-state index contributed by atoms with van der Waals surface area (Å²) in [6, 6.07) is 24.3. The fourth-order valence-corrected chi connectivity index (χ4v) is 8.28. The van der Waals surface area contributed by atoms with Gasteiger partial charge in [0.1, 0.15) is 18.1 Å². The number of hydrogen-bond donors (Lipinski definition) is 1. The minimum atomic E-state index is -1.22. The van der Waals surface area contributed by atoms with Crippen LogP contribution in [0.2, 0.25) is 0 Å². The number of unbranched alkanes of at least 4 members (excludes halogenated alkanes) is 1. The number of aromatic nitrogens is 1. The number of nitrogens with one attached hydrogen (secondary N) is 1. The van der Waals surface area contributed by atoms with E-state index in [-0.39, 0.29) is 5.91 Å².